The van der Waals surface area contributed by atoms with Gasteiger partial charge in [0.15, 0.2) is 0 Å². The van der Waals surface area contributed by atoms with Crippen LogP contribution in [0.5, 0.6) is 0 Å². The Hall–Kier alpha value is -1.93. The number of aryl methyl sites for hydroxylation is 1. The second-order valence-electron chi connectivity index (χ2n) is 6.10. The Morgan fingerprint density at radius 1 is 1.22 bits per heavy atom. The lowest BCUT2D eigenvalue weighted by Gasteiger charge is -2.29. The van der Waals surface area contributed by atoms with E-state index in [1.807, 2.05) is 0 Å². The molecular formula is C17H19Cl3N4O3. The van der Waals surface area contributed by atoms with Crippen molar-refractivity contribution in [3.63, 3.8) is 0 Å². The molecule has 2 heterocycles. The van der Waals surface area contributed by atoms with Gasteiger partial charge in [-0.05, 0) is 25.1 Å². The fraction of sp³-hybridized carbons (Fsp3) is 0.294. The summed E-state index contributed by atoms with van der Waals surface area (Å²) in [4.78, 5) is 28.9. The first kappa shape index (κ1) is 21.4. The summed E-state index contributed by atoms with van der Waals surface area (Å²) in [5.41, 5.74) is 2.16. The number of hydrogen-bond acceptors (Lipinski definition) is 3. The summed E-state index contributed by atoms with van der Waals surface area (Å²) >= 11 is 12.1. The molecule has 0 atom stereocenters. The van der Waals surface area contributed by atoms with E-state index in [0.717, 1.165) is 26.2 Å². The normalized spacial score (nSPS) is 13.8. The second kappa shape index (κ2) is 8.84. The molecule has 146 valence electrons. The number of carboxylic acid groups (broad SMARTS) is 1. The number of quaternary nitrogens is 1. The van der Waals surface area contributed by atoms with Crippen LogP contribution >= 0.6 is 23.2 Å². The summed E-state index contributed by atoms with van der Waals surface area (Å²) in [5, 5.41) is 14.8. The number of aromatic carboxylic acids is 1. The molecule has 1 aromatic carbocycles. The molecule has 3 rings (SSSR count). The summed E-state index contributed by atoms with van der Waals surface area (Å²) in [5.74, 6) is -1.44. The molecule has 0 spiro atoms. The van der Waals surface area contributed by atoms with E-state index in [4.69, 9.17) is 23.2 Å². The summed E-state index contributed by atoms with van der Waals surface area (Å²) in [6, 6.07) is 4.64. The molecule has 2 aromatic rings. The van der Waals surface area contributed by atoms with Crippen LogP contribution in [0, 0.1) is 6.92 Å². The van der Waals surface area contributed by atoms with E-state index in [1.54, 1.807) is 19.1 Å². The van der Waals surface area contributed by atoms with Crippen LogP contribution in [0.2, 0.25) is 10.0 Å². The lowest BCUT2D eigenvalue weighted by atomic mass is 10.1. The minimum atomic E-state index is -1.01. The van der Waals surface area contributed by atoms with Gasteiger partial charge >= 0.3 is 5.97 Å². The first-order chi connectivity index (χ1) is 12.4. The standard InChI is InChI=1S/C17H18Cl2N4O3.ClH/c1-9-13(18)14(19)15(21-9)16(24)22-11-3-2-10(17(25)26)8-12(11)23-6-4-20-5-7-23;/h2-3,8,20-21H,4-7H2,1H3,(H,22,24)(H,25,26);1H. The molecule has 10 heteroatoms. The molecule has 0 unspecified atom stereocenters. The quantitative estimate of drug-likeness (QED) is 0.495. The van der Waals surface area contributed by atoms with Crippen molar-refractivity contribution in [2.45, 2.75) is 6.92 Å². The highest BCUT2D eigenvalue weighted by molar-refractivity contribution is 6.44. The molecule has 1 aliphatic rings. The van der Waals surface area contributed by atoms with Crippen LogP contribution in [0.25, 0.3) is 0 Å². The highest BCUT2D eigenvalue weighted by Gasteiger charge is 2.22. The maximum Gasteiger partial charge on any atom is 0.335 e. The molecule has 1 saturated heterocycles. The number of aromatic nitrogens is 1. The fourth-order valence-electron chi connectivity index (χ4n) is 2.94. The average Bonchev–Trinajstić information content (AvgIpc) is 2.90. The average molecular weight is 434 g/mol. The third kappa shape index (κ3) is 4.50. The maximum atomic E-state index is 12.6. The number of amides is 1. The number of nitrogens with two attached hydrogens (primary N) is 1. The molecule has 1 aromatic heterocycles. The van der Waals surface area contributed by atoms with Gasteiger partial charge in [0, 0.05) is 5.69 Å². The van der Waals surface area contributed by atoms with E-state index in [2.05, 4.69) is 20.5 Å². The van der Waals surface area contributed by atoms with Crippen molar-refractivity contribution < 1.29 is 32.4 Å². The van der Waals surface area contributed by atoms with Gasteiger partial charge in [0.05, 0.1) is 53.2 Å². The number of anilines is 2. The maximum absolute atomic E-state index is 12.6. The van der Waals surface area contributed by atoms with Crippen molar-refractivity contribution in [3.05, 3.63) is 45.2 Å². The van der Waals surface area contributed by atoms with Gasteiger partial charge in [-0.15, -0.1) is 0 Å². The minimum absolute atomic E-state index is 0. The van der Waals surface area contributed by atoms with Gasteiger partial charge in [-0.1, -0.05) is 23.2 Å². The predicted molar refractivity (Wildman–Crippen MR) is 101 cm³/mol. The highest BCUT2D eigenvalue weighted by atomic mass is 35.5. The summed E-state index contributed by atoms with van der Waals surface area (Å²) in [6.45, 7) is 5.06. The third-order valence-corrected chi connectivity index (χ3v) is 5.27. The van der Waals surface area contributed by atoms with Crippen molar-refractivity contribution in [2.24, 2.45) is 0 Å². The van der Waals surface area contributed by atoms with E-state index < -0.39 is 11.9 Å². The molecular weight excluding hydrogens is 415 g/mol. The van der Waals surface area contributed by atoms with E-state index >= 15 is 0 Å². The number of benzene rings is 1. The molecule has 1 aliphatic heterocycles. The van der Waals surface area contributed by atoms with Gasteiger partial charge < -0.3 is 38.0 Å². The van der Waals surface area contributed by atoms with Crippen LogP contribution < -0.4 is 27.9 Å². The van der Waals surface area contributed by atoms with Crippen molar-refractivity contribution in [1.82, 2.24) is 4.98 Å². The van der Waals surface area contributed by atoms with Gasteiger partial charge in [-0.25, -0.2) is 4.79 Å². The monoisotopic (exact) mass is 432 g/mol. The number of carbonyl (C=O) groups excluding carboxylic acids is 1. The molecule has 1 fully saturated rings. The lowest BCUT2D eigenvalue weighted by molar-refractivity contribution is -0.655. The van der Waals surface area contributed by atoms with Crippen molar-refractivity contribution in [3.8, 4) is 0 Å². The molecule has 27 heavy (non-hydrogen) atoms. The fourth-order valence-corrected chi connectivity index (χ4v) is 3.35. The molecule has 1 amide bonds. The SMILES string of the molecule is Cc1[nH]c(C(=O)Nc2ccc(C(=O)O)cc2N2CC[NH2+]CC2)c(Cl)c1Cl.[Cl-]. The third-order valence-electron chi connectivity index (χ3n) is 4.32. The Bertz CT molecular complexity index is 863. The molecule has 0 saturated carbocycles. The van der Waals surface area contributed by atoms with Gasteiger partial charge in [0.25, 0.3) is 5.91 Å². The van der Waals surface area contributed by atoms with Crippen molar-refractivity contribution >= 4 is 46.5 Å². The zero-order valence-electron chi connectivity index (χ0n) is 14.5. The summed E-state index contributed by atoms with van der Waals surface area (Å²) < 4.78 is 0. The largest absolute Gasteiger partial charge is 1.00 e. The number of piperazine rings is 1. The number of aromatic amines is 1. The molecule has 5 N–H and O–H groups in total. The number of nitrogens with zero attached hydrogens (tertiary/aromatic N) is 1. The number of halogens is 3. The van der Waals surface area contributed by atoms with Crippen LogP contribution in [-0.2, 0) is 0 Å². The summed E-state index contributed by atoms with van der Waals surface area (Å²) in [7, 11) is 0. The topological polar surface area (TPSA) is 102 Å². The first-order valence-electron chi connectivity index (χ1n) is 8.17. The van der Waals surface area contributed by atoms with Crippen LogP contribution in [0.4, 0.5) is 11.4 Å². The highest BCUT2D eigenvalue weighted by Crippen LogP contribution is 2.32. The number of carboxylic acids is 1. The van der Waals surface area contributed by atoms with Crippen LogP contribution in [0.1, 0.15) is 26.5 Å². The minimum Gasteiger partial charge on any atom is -1.00 e. The number of carbonyl (C=O) groups is 2. The second-order valence-corrected chi connectivity index (χ2v) is 6.85. The van der Waals surface area contributed by atoms with Crippen molar-refractivity contribution in [2.75, 3.05) is 36.4 Å². The van der Waals surface area contributed by atoms with Gasteiger partial charge in [-0.3, -0.25) is 4.79 Å². The van der Waals surface area contributed by atoms with Crippen LogP contribution in [-0.4, -0.2) is 48.1 Å². The van der Waals surface area contributed by atoms with Crippen LogP contribution in [0.15, 0.2) is 18.2 Å². The molecule has 0 bridgehead atoms. The number of nitrogens with one attached hydrogen (secondary N) is 2. The Labute approximate surface area is 172 Å². The van der Waals surface area contributed by atoms with Crippen molar-refractivity contribution in [1.29, 1.82) is 0 Å². The number of H-pyrrole nitrogens is 1. The Morgan fingerprint density at radius 3 is 2.44 bits per heavy atom. The van der Waals surface area contributed by atoms with Gasteiger partial charge in [0.2, 0.25) is 0 Å². The zero-order valence-corrected chi connectivity index (χ0v) is 16.8. The number of hydrogen-bond donors (Lipinski definition) is 4. The van der Waals surface area contributed by atoms with E-state index in [0.29, 0.717) is 22.1 Å². The van der Waals surface area contributed by atoms with E-state index in [-0.39, 0.29) is 28.7 Å². The van der Waals surface area contributed by atoms with Gasteiger partial charge in [-0.2, -0.15) is 0 Å². The molecule has 0 radical (unpaired) electrons. The number of rotatable bonds is 4. The van der Waals surface area contributed by atoms with E-state index in [9.17, 15) is 14.7 Å². The van der Waals surface area contributed by atoms with E-state index in [1.165, 1.54) is 6.07 Å². The van der Waals surface area contributed by atoms with Gasteiger partial charge in [0.1, 0.15) is 5.69 Å². The summed E-state index contributed by atoms with van der Waals surface area (Å²) in [6.07, 6.45) is 0. The lowest BCUT2D eigenvalue weighted by Crippen LogP contribution is -3.00. The molecule has 7 nitrogen and oxygen atoms in total. The molecule has 0 aliphatic carbocycles. The first-order valence-corrected chi connectivity index (χ1v) is 8.93. The Balaban J connectivity index is 0.00000261. The van der Waals surface area contributed by atoms with Crippen LogP contribution in [0.3, 0.4) is 0 Å². The smallest absolute Gasteiger partial charge is 0.335 e. The predicted octanol–water partition coefficient (Wildman–Crippen LogP) is -1.03. The zero-order chi connectivity index (χ0) is 18.8. The Kier molecular flexibility index (Phi) is 7.00. The Morgan fingerprint density at radius 2 is 1.89 bits per heavy atom.